The summed E-state index contributed by atoms with van der Waals surface area (Å²) in [5.74, 6) is 0.422. The van der Waals surface area contributed by atoms with Crippen LogP contribution < -0.4 is 5.73 Å². The Balaban J connectivity index is 2.11. The molecule has 0 aliphatic heterocycles. The minimum absolute atomic E-state index is 0.155. The van der Waals surface area contributed by atoms with Crippen molar-refractivity contribution in [2.24, 2.45) is 11.7 Å². The number of ketones is 1. The van der Waals surface area contributed by atoms with Crippen molar-refractivity contribution in [3.63, 3.8) is 0 Å². The topological polar surface area (TPSA) is 43.1 Å². The highest BCUT2D eigenvalue weighted by molar-refractivity contribution is 5.98. The third kappa shape index (κ3) is 2.26. The van der Waals surface area contributed by atoms with Crippen molar-refractivity contribution in [2.45, 2.75) is 32.2 Å². The SMILES string of the molecule is Cc1ccc(C(=O)C2CCC(N)C2)cc1. The first kappa shape index (κ1) is 10.4. The van der Waals surface area contributed by atoms with Gasteiger partial charge in [-0.3, -0.25) is 4.79 Å². The maximum absolute atomic E-state index is 12.0. The van der Waals surface area contributed by atoms with Crippen molar-refractivity contribution in [1.29, 1.82) is 0 Å². The lowest BCUT2D eigenvalue weighted by molar-refractivity contribution is 0.0922. The summed E-state index contributed by atoms with van der Waals surface area (Å²) in [4.78, 5) is 12.0. The molecular formula is C13H17NO. The Morgan fingerprint density at radius 3 is 2.47 bits per heavy atom. The molecular weight excluding hydrogens is 186 g/mol. The second-order valence-corrected chi connectivity index (χ2v) is 4.50. The summed E-state index contributed by atoms with van der Waals surface area (Å²) in [5, 5.41) is 0. The summed E-state index contributed by atoms with van der Waals surface area (Å²) in [7, 11) is 0. The van der Waals surface area contributed by atoms with Gasteiger partial charge in [-0.2, -0.15) is 0 Å². The number of Topliss-reactive ketones (excluding diaryl/α,β-unsaturated/α-hetero) is 1. The van der Waals surface area contributed by atoms with Crippen LogP contribution in [0.1, 0.15) is 35.2 Å². The summed E-state index contributed by atoms with van der Waals surface area (Å²) in [5.41, 5.74) is 7.84. The molecule has 0 aromatic heterocycles. The van der Waals surface area contributed by atoms with E-state index in [0.717, 1.165) is 24.8 Å². The molecule has 0 spiro atoms. The molecule has 0 heterocycles. The van der Waals surface area contributed by atoms with Crippen molar-refractivity contribution in [1.82, 2.24) is 0 Å². The molecule has 1 aliphatic carbocycles. The Hall–Kier alpha value is -1.15. The lowest BCUT2D eigenvalue weighted by atomic mass is 9.95. The molecule has 2 nitrogen and oxygen atoms in total. The van der Waals surface area contributed by atoms with Gasteiger partial charge >= 0.3 is 0 Å². The van der Waals surface area contributed by atoms with Crippen LogP contribution in [0.3, 0.4) is 0 Å². The van der Waals surface area contributed by atoms with Gasteiger partial charge in [0.1, 0.15) is 0 Å². The molecule has 0 amide bonds. The number of hydrogen-bond donors (Lipinski definition) is 1. The molecule has 80 valence electrons. The van der Waals surface area contributed by atoms with E-state index in [1.807, 2.05) is 31.2 Å². The maximum atomic E-state index is 12.0. The zero-order valence-electron chi connectivity index (χ0n) is 9.07. The highest BCUT2D eigenvalue weighted by Crippen LogP contribution is 2.27. The maximum Gasteiger partial charge on any atom is 0.166 e. The van der Waals surface area contributed by atoms with Gasteiger partial charge in [0, 0.05) is 17.5 Å². The second kappa shape index (κ2) is 4.15. The Labute approximate surface area is 90.5 Å². The first-order valence-corrected chi connectivity index (χ1v) is 5.53. The quantitative estimate of drug-likeness (QED) is 0.749. The van der Waals surface area contributed by atoms with Crippen molar-refractivity contribution < 1.29 is 4.79 Å². The normalized spacial score (nSPS) is 25.5. The van der Waals surface area contributed by atoms with Crippen LogP contribution in [0.4, 0.5) is 0 Å². The highest BCUT2D eigenvalue weighted by atomic mass is 16.1. The van der Waals surface area contributed by atoms with Gasteiger partial charge in [-0.1, -0.05) is 29.8 Å². The van der Waals surface area contributed by atoms with Gasteiger partial charge in [0.25, 0.3) is 0 Å². The summed E-state index contributed by atoms with van der Waals surface area (Å²) in [6, 6.07) is 8.04. The van der Waals surface area contributed by atoms with E-state index in [1.54, 1.807) is 0 Å². The molecule has 15 heavy (non-hydrogen) atoms. The molecule has 2 heteroatoms. The zero-order valence-corrected chi connectivity index (χ0v) is 9.07. The molecule has 2 atom stereocenters. The van der Waals surface area contributed by atoms with Crippen LogP contribution >= 0.6 is 0 Å². The largest absolute Gasteiger partial charge is 0.328 e. The third-order valence-electron chi connectivity index (χ3n) is 3.18. The summed E-state index contributed by atoms with van der Waals surface area (Å²) >= 11 is 0. The predicted octanol–water partition coefficient (Wildman–Crippen LogP) is 2.31. The highest BCUT2D eigenvalue weighted by Gasteiger charge is 2.28. The number of hydrogen-bond acceptors (Lipinski definition) is 2. The molecule has 0 bridgehead atoms. The fourth-order valence-electron chi connectivity index (χ4n) is 2.21. The van der Waals surface area contributed by atoms with Crippen LogP contribution in [0.15, 0.2) is 24.3 Å². The number of rotatable bonds is 2. The van der Waals surface area contributed by atoms with Gasteiger partial charge in [-0.25, -0.2) is 0 Å². The van der Waals surface area contributed by atoms with E-state index in [1.165, 1.54) is 5.56 Å². The van der Waals surface area contributed by atoms with E-state index in [9.17, 15) is 4.79 Å². The first-order valence-electron chi connectivity index (χ1n) is 5.53. The molecule has 1 aromatic rings. The van der Waals surface area contributed by atoms with E-state index >= 15 is 0 Å². The minimum atomic E-state index is 0.155. The van der Waals surface area contributed by atoms with E-state index in [2.05, 4.69) is 0 Å². The lowest BCUT2D eigenvalue weighted by Gasteiger charge is -2.08. The minimum Gasteiger partial charge on any atom is -0.328 e. The Morgan fingerprint density at radius 2 is 1.93 bits per heavy atom. The average Bonchev–Trinajstić information content (AvgIpc) is 2.65. The van der Waals surface area contributed by atoms with Crippen LogP contribution in [-0.4, -0.2) is 11.8 Å². The van der Waals surface area contributed by atoms with Crippen molar-refractivity contribution >= 4 is 5.78 Å². The average molecular weight is 203 g/mol. The number of carbonyl (C=O) groups excluding carboxylic acids is 1. The van der Waals surface area contributed by atoms with E-state index in [0.29, 0.717) is 0 Å². The molecule has 2 N–H and O–H groups in total. The van der Waals surface area contributed by atoms with Crippen LogP contribution in [0.25, 0.3) is 0 Å². The summed E-state index contributed by atoms with van der Waals surface area (Å²) < 4.78 is 0. The van der Waals surface area contributed by atoms with Gasteiger partial charge in [0.05, 0.1) is 0 Å². The molecule has 0 saturated heterocycles. The zero-order chi connectivity index (χ0) is 10.8. The number of carbonyl (C=O) groups is 1. The molecule has 1 saturated carbocycles. The summed E-state index contributed by atoms with van der Waals surface area (Å²) in [6.07, 6.45) is 2.79. The van der Waals surface area contributed by atoms with Crippen molar-refractivity contribution in [3.8, 4) is 0 Å². The molecule has 1 fully saturated rings. The fourth-order valence-corrected chi connectivity index (χ4v) is 2.21. The van der Waals surface area contributed by atoms with Gasteiger partial charge in [0.2, 0.25) is 0 Å². The van der Waals surface area contributed by atoms with E-state index < -0.39 is 0 Å². The molecule has 2 rings (SSSR count). The molecule has 2 unspecified atom stereocenters. The third-order valence-corrected chi connectivity index (χ3v) is 3.18. The summed E-state index contributed by atoms with van der Waals surface area (Å²) in [6.45, 7) is 2.03. The molecule has 1 aliphatic rings. The van der Waals surface area contributed by atoms with Gasteiger partial charge in [-0.15, -0.1) is 0 Å². The van der Waals surface area contributed by atoms with Crippen LogP contribution in [0.5, 0.6) is 0 Å². The monoisotopic (exact) mass is 203 g/mol. The number of benzene rings is 1. The van der Waals surface area contributed by atoms with Gasteiger partial charge in [0.15, 0.2) is 5.78 Å². The van der Waals surface area contributed by atoms with Gasteiger partial charge < -0.3 is 5.73 Å². The van der Waals surface area contributed by atoms with E-state index in [4.69, 9.17) is 5.73 Å². The molecule has 0 radical (unpaired) electrons. The number of nitrogens with two attached hydrogens (primary N) is 1. The van der Waals surface area contributed by atoms with Crippen LogP contribution in [0.2, 0.25) is 0 Å². The second-order valence-electron chi connectivity index (χ2n) is 4.50. The molecule has 1 aromatic carbocycles. The lowest BCUT2D eigenvalue weighted by Crippen LogP contribution is -2.18. The smallest absolute Gasteiger partial charge is 0.166 e. The van der Waals surface area contributed by atoms with Crippen LogP contribution in [-0.2, 0) is 0 Å². The van der Waals surface area contributed by atoms with E-state index in [-0.39, 0.29) is 17.7 Å². The first-order chi connectivity index (χ1) is 7.16. The fraction of sp³-hybridized carbons (Fsp3) is 0.462. The Bertz CT molecular complexity index is 355. The Morgan fingerprint density at radius 1 is 1.27 bits per heavy atom. The van der Waals surface area contributed by atoms with Crippen molar-refractivity contribution in [3.05, 3.63) is 35.4 Å². The van der Waals surface area contributed by atoms with Crippen molar-refractivity contribution in [2.75, 3.05) is 0 Å². The van der Waals surface area contributed by atoms with Gasteiger partial charge in [-0.05, 0) is 26.2 Å². The van der Waals surface area contributed by atoms with Crippen LogP contribution in [0, 0.1) is 12.8 Å². The standard InChI is InChI=1S/C13H17NO/c1-9-2-4-10(5-3-9)13(15)11-6-7-12(14)8-11/h2-5,11-12H,6-8,14H2,1H3. The number of aryl methyl sites for hydroxylation is 1. The predicted molar refractivity (Wildman–Crippen MR) is 60.8 cm³/mol. The Kier molecular flexibility index (Phi) is 2.87.